The molecule has 0 amide bonds. The minimum absolute atomic E-state index is 0.00552. The first-order valence-electron chi connectivity index (χ1n) is 27.3. The standard InChI is InChI=1S/C26H27N5O2.C17H15ClN4O2.C15H24BNO2.S13/c1-13-22(14(2)33-31-13)18-11-19-17(12-21(18)32-7)23-24(28-15(3)29-25(23)30-19)20-10-16(8-9-27-20)26(4,5)6;1-7-14(8(2)24-22-7)11-5-12-10(6-13(11)23-4)15-16(18)19-9(3)20-17(15)21-12;1-13(2,3)11-8-9-17-12(10-11)16-18-14(4,5)15(6,7)19-16;1-3-5-7-9-11-13-12-10-8-6-4-2/h8-12H,1-7H3,(H,28,29,30);5-6H,1-4H3,(H,19,20,21);8-10H,1-7H3;. The van der Waals surface area contributed by atoms with Crippen LogP contribution in [0, 0.1) is 41.5 Å². The van der Waals surface area contributed by atoms with Crippen molar-refractivity contribution in [2.24, 2.45) is 0 Å². The lowest BCUT2D eigenvalue weighted by atomic mass is 9.79. The van der Waals surface area contributed by atoms with Crippen LogP contribution < -0.4 is 15.1 Å². The fourth-order valence-electron chi connectivity index (χ4n) is 9.61. The first-order chi connectivity index (χ1) is 42.1. The maximum absolute atomic E-state index is 6.33. The molecule has 472 valence electrons. The van der Waals surface area contributed by atoms with Crippen molar-refractivity contribution in [1.82, 2.24) is 50.2 Å². The van der Waals surface area contributed by atoms with Gasteiger partial charge in [-0.3, -0.25) is 9.97 Å². The molecule has 9 heterocycles. The summed E-state index contributed by atoms with van der Waals surface area (Å²) in [5, 5.41) is 12.2. The Morgan fingerprint density at radius 1 is 0.551 bits per heavy atom. The van der Waals surface area contributed by atoms with Crippen molar-refractivity contribution in [1.29, 1.82) is 0 Å². The van der Waals surface area contributed by atoms with E-state index in [1.165, 1.54) is 28.9 Å². The smallest absolute Gasteiger partial charge is 0.496 e. The van der Waals surface area contributed by atoms with E-state index in [1.54, 1.807) is 94.1 Å². The number of benzene rings is 2. The van der Waals surface area contributed by atoms with Gasteiger partial charge < -0.3 is 37.8 Å². The Morgan fingerprint density at radius 3 is 1.42 bits per heavy atom. The molecule has 2 aromatic carbocycles. The number of fused-ring (bicyclic) bond motifs is 6. The van der Waals surface area contributed by atoms with Crippen molar-refractivity contribution in [3.63, 3.8) is 0 Å². The molecule has 1 aliphatic rings. The quantitative estimate of drug-likeness (QED) is 0.118. The summed E-state index contributed by atoms with van der Waals surface area (Å²) in [5.74, 6) is 4.26. The van der Waals surface area contributed by atoms with Crippen LogP contribution in [0.4, 0.5) is 0 Å². The molecule has 31 heteroatoms. The molecule has 0 bridgehead atoms. The first kappa shape index (κ1) is 70.5. The Labute approximate surface area is 564 Å². The number of hydrogen-bond donors (Lipinski definition) is 2. The normalized spacial score (nSPS) is 13.3. The van der Waals surface area contributed by atoms with Gasteiger partial charge in [-0.1, -0.05) is 63.5 Å². The summed E-state index contributed by atoms with van der Waals surface area (Å²) in [6.45, 7) is 32.7. The van der Waals surface area contributed by atoms with Crippen molar-refractivity contribution < 1.29 is 27.8 Å². The van der Waals surface area contributed by atoms with Gasteiger partial charge in [-0.15, -0.1) is 0 Å². The van der Waals surface area contributed by atoms with E-state index >= 15 is 0 Å². The zero-order valence-electron chi connectivity index (χ0n) is 52.1. The molecular weight excluding hydrogens is 1400 g/mol. The number of aromatic nitrogens is 10. The molecule has 0 unspecified atom stereocenters. The van der Waals surface area contributed by atoms with Gasteiger partial charge in [0.05, 0.1) is 70.0 Å². The molecule has 0 aliphatic carbocycles. The summed E-state index contributed by atoms with van der Waals surface area (Å²) in [6.07, 6.45) is 3.69. The molecule has 0 spiro atoms. The van der Waals surface area contributed by atoms with Crippen LogP contribution in [0.5, 0.6) is 11.5 Å². The number of halogens is 1. The second kappa shape index (κ2) is 30.2. The van der Waals surface area contributed by atoms with Crippen LogP contribution in [0.1, 0.15) is 115 Å². The highest BCUT2D eigenvalue weighted by atomic mass is 35.5. The van der Waals surface area contributed by atoms with Crippen LogP contribution in [-0.4, -0.2) is 82.7 Å². The number of H-pyrrole nitrogens is 2. The van der Waals surface area contributed by atoms with Gasteiger partial charge in [-0.05, 0) is 140 Å². The summed E-state index contributed by atoms with van der Waals surface area (Å²) in [4.78, 5) is 34.1. The second-order valence-corrected chi connectivity index (χ2v) is 43.0. The van der Waals surface area contributed by atoms with Gasteiger partial charge in [-0.2, -0.15) is 0 Å². The topological polar surface area (TPSA) is 198 Å². The molecular formula is C58H66BClN10O6S13. The van der Waals surface area contributed by atoms with Gasteiger partial charge >= 0.3 is 7.12 Å². The molecule has 0 radical (unpaired) electrons. The summed E-state index contributed by atoms with van der Waals surface area (Å²) in [5.41, 5.74) is 13.1. The highest BCUT2D eigenvalue weighted by Crippen LogP contribution is 2.43. The van der Waals surface area contributed by atoms with Crippen LogP contribution in [0.25, 0.3) is 77.5 Å². The SMILES string of the molecule is CC(C)(C)c1ccnc(B2OC(C)(C)C(C)(C)O2)c1.COc1cc2c(cc1-c1c(C)noc1C)[nH]c1nc(C)nc(-c3cc(C(C)(C)C)ccn3)c12.COc1cc2c(cc1-c1c(C)noc1C)[nH]c1nc(C)nc(Cl)c12.S=S=S=S=S=S=S=S=S=S=S=S=S. The third-order valence-corrected chi connectivity index (χ3v) is 37.1. The zero-order valence-corrected chi connectivity index (χ0v) is 63.4. The van der Waals surface area contributed by atoms with Gasteiger partial charge in [0, 0.05) is 165 Å². The summed E-state index contributed by atoms with van der Waals surface area (Å²) in [6, 6.07) is 16.4. The number of aryl methyl sites for hydroxylation is 6. The number of nitrogens with one attached hydrogen (secondary N) is 2. The predicted octanol–water partition coefficient (Wildman–Crippen LogP) is 13.1. The number of methoxy groups -OCH3 is 2. The molecule has 2 N–H and O–H groups in total. The fourth-order valence-corrected chi connectivity index (χ4v) is 34.6. The van der Waals surface area contributed by atoms with Crippen LogP contribution >= 0.6 is 11.6 Å². The summed E-state index contributed by atoms with van der Waals surface area (Å²) in [7, 11) is 21.0. The van der Waals surface area contributed by atoms with Gasteiger partial charge in [0.25, 0.3) is 0 Å². The lowest BCUT2D eigenvalue weighted by molar-refractivity contribution is 0.00578. The maximum atomic E-state index is 6.33. The van der Waals surface area contributed by atoms with E-state index in [2.05, 4.69) is 145 Å². The maximum Gasteiger partial charge on any atom is 0.514 e. The summed E-state index contributed by atoms with van der Waals surface area (Å²) >= 11 is 15.7. The van der Waals surface area contributed by atoms with Crippen LogP contribution in [0.2, 0.25) is 5.15 Å². The van der Waals surface area contributed by atoms with E-state index in [0.29, 0.717) is 22.4 Å². The number of aromatic amines is 2. The Hall–Kier alpha value is -4.35. The molecule has 8 aromatic heterocycles. The molecule has 1 aliphatic heterocycles. The third kappa shape index (κ3) is 16.7. The van der Waals surface area contributed by atoms with Crippen LogP contribution in [0.15, 0.2) is 70.0 Å². The first-order valence-corrected chi connectivity index (χ1v) is 43.6. The molecule has 0 saturated carbocycles. The molecule has 16 nitrogen and oxygen atoms in total. The van der Waals surface area contributed by atoms with E-state index in [4.69, 9.17) is 66.8 Å². The fraction of sp³-hybridized carbons (Fsp3) is 0.379. The number of ether oxygens (including phenoxy) is 2. The Morgan fingerprint density at radius 2 is 0.978 bits per heavy atom. The highest BCUT2D eigenvalue weighted by Gasteiger charge is 2.52. The van der Waals surface area contributed by atoms with Crippen molar-refractivity contribution in [3.8, 4) is 45.1 Å². The average Bonchev–Trinajstić information content (AvgIpc) is 1.65. The molecule has 10 aromatic rings. The van der Waals surface area contributed by atoms with Gasteiger partial charge in [0.2, 0.25) is 0 Å². The Balaban J connectivity index is 0.000000162. The number of pyridine rings is 2. The molecule has 1 fully saturated rings. The monoisotopic (exact) mass is 1460 g/mol. The van der Waals surface area contributed by atoms with Crippen LogP contribution in [-0.2, 0) is 140 Å². The minimum Gasteiger partial charge on any atom is -0.496 e. The zero-order chi connectivity index (χ0) is 64.8. The predicted molar refractivity (Wildman–Crippen MR) is 397 cm³/mol. The number of nitrogens with zero attached hydrogens (tertiary/aromatic N) is 8. The molecule has 1 saturated heterocycles. The van der Waals surface area contributed by atoms with Crippen molar-refractivity contribution in [2.75, 3.05) is 14.2 Å². The van der Waals surface area contributed by atoms with E-state index in [9.17, 15) is 0 Å². The molecule has 11 rings (SSSR count). The van der Waals surface area contributed by atoms with Gasteiger partial charge in [-0.25, -0.2) is 19.9 Å². The Bertz CT molecular complexity index is 4770. The van der Waals surface area contributed by atoms with Gasteiger partial charge in [0.15, 0.2) is 0 Å². The van der Waals surface area contributed by atoms with Gasteiger partial charge in [0.1, 0.15) is 56.8 Å². The minimum atomic E-state index is -0.382. The van der Waals surface area contributed by atoms with Crippen molar-refractivity contribution in [3.05, 3.63) is 112 Å². The van der Waals surface area contributed by atoms with E-state index in [1.807, 2.05) is 72.1 Å². The van der Waals surface area contributed by atoms with Crippen LogP contribution in [0.3, 0.4) is 0 Å². The largest absolute Gasteiger partial charge is 0.514 e. The lowest BCUT2D eigenvalue weighted by Crippen LogP contribution is -2.41. The summed E-state index contributed by atoms with van der Waals surface area (Å²) < 4.78 is 34.2. The van der Waals surface area contributed by atoms with E-state index in [0.717, 1.165) is 112 Å². The van der Waals surface area contributed by atoms with Crippen molar-refractivity contribution in [2.45, 2.75) is 133 Å². The van der Waals surface area contributed by atoms with E-state index < -0.39 is 0 Å². The second-order valence-electron chi connectivity index (χ2n) is 23.2. The molecule has 89 heavy (non-hydrogen) atoms. The molecule has 0 atom stereocenters. The van der Waals surface area contributed by atoms with Crippen molar-refractivity contribution >= 4 is 188 Å². The number of rotatable bonds is 6. The highest BCUT2D eigenvalue weighted by molar-refractivity contribution is 8.75. The third-order valence-electron chi connectivity index (χ3n) is 14.6. The average molecular weight is 1460 g/mol. The Kier molecular flexibility index (Phi) is 23.9. The lowest BCUT2D eigenvalue weighted by Gasteiger charge is -2.32. The number of hydrogen-bond acceptors (Lipinski definition) is 16. The van der Waals surface area contributed by atoms with E-state index in [-0.39, 0.29) is 29.2 Å².